The van der Waals surface area contributed by atoms with Crippen molar-refractivity contribution < 1.29 is 9.53 Å². The average Bonchev–Trinajstić information content (AvgIpc) is 2.71. The molecule has 0 aliphatic carbocycles. The third-order valence-electron chi connectivity index (χ3n) is 2.79. The SMILES string of the molecule is CN(C)C(=O)C1CCC(CN=C(N)NC(C)(C)C)O1.I. The van der Waals surface area contributed by atoms with Gasteiger partial charge in [0.2, 0.25) is 0 Å². The normalized spacial score (nSPS) is 23.1. The molecule has 1 rings (SSSR count). The molecule has 2 atom stereocenters. The molecular formula is C13H27IN4O2. The number of guanidine groups is 1. The minimum absolute atomic E-state index is 0. The Kier molecular flexibility index (Phi) is 7.79. The molecule has 118 valence electrons. The first-order valence-corrected chi connectivity index (χ1v) is 6.64. The van der Waals surface area contributed by atoms with Crippen LogP contribution in [0.2, 0.25) is 0 Å². The van der Waals surface area contributed by atoms with Crippen LogP contribution >= 0.6 is 24.0 Å². The molecule has 1 amide bonds. The minimum Gasteiger partial charge on any atom is -0.370 e. The van der Waals surface area contributed by atoms with Gasteiger partial charge < -0.3 is 20.7 Å². The highest BCUT2D eigenvalue weighted by atomic mass is 127. The Labute approximate surface area is 138 Å². The molecule has 1 aliphatic heterocycles. The van der Waals surface area contributed by atoms with Crippen molar-refractivity contribution in [3.8, 4) is 0 Å². The number of nitrogens with zero attached hydrogens (tertiary/aromatic N) is 2. The average molecular weight is 398 g/mol. The fraction of sp³-hybridized carbons (Fsp3) is 0.846. The highest BCUT2D eigenvalue weighted by Gasteiger charge is 2.31. The summed E-state index contributed by atoms with van der Waals surface area (Å²) in [6, 6.07) is 0. The zero-order valence-electron chi connectivity index (χ0n) is 13.0. The van der Waals surface area contributed by atoms with Crippen molar-refractivity contribution in [2.45, 2.75) is 51.4 Å². The molecule has 0 aromatic heterocycles. The number of aliphatic imine (C=N–C) groups is 1. The van der Waals surface area contributed by atoms with Gasteiger partial charge in [0.05, 0.1) is 12.6 Å². The molecule has 1 aliphatic rings. The fourth-order valence-corrected chi connectivity index (χ4v) is 1.93. The minimum atomic E-state index is -0.327. The van der Waals surface area contributed by atoms with E-state index in [0.717, 1.165) is 12.8 Å². The number of rotatable bonds is 3. The lowest BCUT2D eigenvalue weighted by Gasteiger charge is -2.21. The maximum absolute atomic E-state index is 11.7. The van der Waals surface area contributed by atoms with Gasteiger partial charge in [-0.1, -0.05) is 0 Å². The van der Waals surface area contributed by atoms with Crippen LogP contribution in [0.3, 0.4) is 0 Å². The number of likely N-dealkylation sites (N-methyl/N-ethyl adjacent to an activating group) is 1. The summed E-state index contributed by atoms with van der Waals surface area (Å²) < 4.78 is 5.68. The summed E-state index contributed by atoms with van der Waals surface area (Å²) in [5.74, 6) is 0.436. The van der Waals surface area contributed by atoms with Gasteiger partial charge in [-0.05, 0) is 33.6 Å². The van der Waals surface area contributed by atoms with Gasteiger partial charge in [0.15, 0.2) is 5.96 Å². The maximum atomic E-state index is 11.7. The molecule has 2 unspecified atom stereocenters. The Bertz CT molecular complexity index is 353. The quantitative estimate of drug-likeness (QED) is 0.422. The van der Waals surface area contributed by atoms with Gasteiger partial charge in [-0.3, -0.25) is 9.79 Å². The summed E-state index contributed by atoms with van der Waals surface area (Å²) in [6.45, 7) is 6.56. The van der Waals surface area contributed by atoms with Crippen molar-refractivity contribution in [2.24, 2.45) is 10.7 Å². The molecule has 1 fully saturated rings. The smallest absolute Gasteiger partial charge is 0.251 e. The highest BCUT2D eigenvalue weighted by molar-refractivity contribution is 14.0. The third-order valence-corrected chi connectivity index (χ3v) is 2.79. The lowest BCUT2D eigenvalue weighted by atomic mass is 10.1. The molecule has 0 bridgehead atoms. The maximum Gasteiger partial charge on any atom is 0.251 e. The van der Waals surface area contributed by atoms with Crippen LogP contribution in [-0.2, 0) is 9.53 Å². The standard InChI is InChI=1S/C13H26N4O2.HI/c1-13(2,3)16-12(14)15-8-9-6-7-10(19-9)11(18)17(4)5;/h9-10H,6-8H2,1-5H3,(H3,14,15,16);1H. The van der Waals surface area contributed by atoms with Gasteiger partial charge >= 0.3 is 0 Å². The Hall–Kier alpha value is -0.570. The van der Waals surface area contributed by atoms with Crippen LogP contribution in [0.1, 0.15) is 33.6 Å². The van der Waals surface area contributed by atoms with Gasteiger partial charge in [0, 0.05) is 19.6 Å². The zero-order valence-corrected chi connectivity index (χ0v) is 15.3. The lowest BCUT2D eigenvalue weighted by molar-refractivity contribution is -0.140. The van der Waals surface area contributed by atoms with Gasteiger partial charge in [-0.2, -0.15) is 0 Å². The molecule has 1 heterocycles. The van der Waals surface area contributed by atoms with E-state index in [-0.39, 0.29) is 47.6 Å². The third kappa shape index (κ3) is 6.74. The van der Waals surface area contributed by atoms with Crippen molar-refractivity contribution in [1.82, 2.24) is 10.2 Å². The predicted octanol–water partition coefficient (Wildman–Crippen LogP) is 0.943. The van der Waals surface area contributed by atoms with Crippen molar-refractivity contribution in [2.75, 3.05) is 20.6 Å². The van der Waals surface area contributed by atoms with Crippen LogP contribution in [0.25, 0.3) is 0 Å². The number of hydrogen-bond donors (Lipinski definition) is 2. The molecule has 6 nitrogen and oxygen atoms in total. The van der Waals surface area contributed by atoms with Crippen molar-refractivity contribution in [3.63, 3.8) is 0 Å². The molecular weight excluding hydrogens is 371 g/mol. The number of hydrogen-bond acceptors (Lipinski definition) is 3. The van der Waals surface area contributed by atoms with E-state index < -0.39 is 0 Å². The molecule has 0 spiro atoms. The number of amides is 1. The molecule has 1 saturated heterocycles. The van der Waals surface area contributed by atoms with Crippen LogP contribution in [-0.4, -0.2) is 55.2 Å². The molecule has 0 aromatic rings. The molecule has 3 N–H and O–H groups in total. The van der Waals surface area contributed by atoms with Crippen molar-refractivity contribution in [1.29, 1.82) is 0 Å². The summed E-state index contributed by atoms with van der Waals surface area (Å²) in [7, 11) is 3.48. The van der Waals surface area contributed by atoms with E-state index >= 15 is 0 Å². The zero-order chi connectivity index (χ0) is 14.6. The van der Waals surface area contributed by atoms with E-state index in [2.05, 4.69) is 10.3 Å². The Balaban J connectivity index is 0.00000361. The lowest BCUT2D eigenvalue weighted by Crippen LogP contribution is -2.45. The second kappa shape index (κ2) is 8.02. The monoisotopic (exact) mass is 398 g/mol. The Morgan fingerprint density at radius 2 is 2.00 bits per heavy atom. The Morgan fingerprint density at radius 1 is 1.40 bits per heavy atom. The van der Waals surface area contributed by atoms with E-state index in [4.69, 9.17) is 10.5 Å². The molecule has 7 heteroatoms. The van der Waals surface area contributed by atoms with Crippen LogP contribution in [0.4, 0.5) is 0 Å². The van der Waals surface area contributed by atoms with Crippen molar-refractivity contribution >= 4 is 35.8 Å². The van der Waals surface area contributed by atoms with E-state index in [1.165, 1.54) is 0 Å². The van der Waals surface area contributed by atoms with Gasteiger partial charge in [0.25, 0.3) is 5.91 Å². The van der Waals surface area contributed by atoms with E-state index in [1.54, 1.807) is 19.0 Å². The second-order valence-corrected chi connectivity index (χ2v) is 6.16. The van der Waals surface area contributed by atoms with E-state index in [9.17, 15) is 4.79 Å². The van der Waals surface area contributed by atoms with Crippen LogP contribution < -0.4 is 11.1 Å². The van der Waals surface area contributed by atoms with E-state index in [1.807, 2.05) is 20.8 Å². The topological polar surface area (TPSA) is 80.0 Å². The van der Waals surface area contributed by atoms with Gasteiger partial charge in [-0.25, -0.2) is 0 Å². The summed E-state index contributed by atoms with van der Waals surface area (Å²) in [5.41, 5.74) is 5.69. The second-order valence-electron chi connectivity index (χ2n) is 6.16. The fourth-order valence-electron chi connectivity index (χ4n) is 1.93. The first-order chi connectivity index (χ1) is 8.69. The highest BCUT2D eigenvalue weighted by Crippen LogP contribution is 2.21. The number of nitrogens with two attached hydrogens (primary N) is 1. The number of carbonyl (C=O) groups is 1. The summed E-state index contributed by atoms with van der Waals surface area (Å²) in [4.78, 5) is 17.6. The number of nitrogens with one attached hydrogen (secondary N) is 1. The van der Waals surface area contributed by atoms with Gasteiger partial charge in [-0.15, -0.1) is 24.0 Å². The van der Waals surface area contributed by atoms with Crippen molar-refractivity contribution in [3.05, 3.63) is 0 Å². The number of halogens is 1. The summed E-state index contributed by atoms with van der Waals surface area (Å²) >= 11 is 0. The Morgan fingerprint density at radius 3 is 2.50 bits per heavy atom. The number of carbonyl (C=O) groups excluding carboxylic acids is 1. The summed E-state index contributed by atoms with van der Waals surface area (Å²) in [5, 5.41) is 3.09. The first-order valence-electron chi connectivity index (χ1n) is 6.64. The van der Waals surface area contributed by atoms with Crippen LogP contribution in [0, 0.1) is 0 Å². The van der Waals surface area contributed by atoms with Crippen LogP contribution in [0.5, 0.6) is 0 Å². The first kappa shape index (κ1) is 19.4. The molecule has 0 saturated carbocycles. The largest absolute Gasteiger partial charge is 0.370 e. The number of ether oxygens (including phenoxy) is 1. The summed E-state index contributed by atoms with van der Waals surface area (Å²) in [6.07, 6.45) is 1.25. The molecule has 0 aromatic carbocycles. The van der Waals surface area contributed by atoms with Gasteiger partial charge in [0.1, 0.15) is 6.10 Å². The molecule has 0 radical (unpaired) electrons. The van der Waals surface area contributed by atoms with E-state index in [0.29, 0.717) is 12.5 Å². The molecule has 20 heavy (non-hydrogen) atoms. The predicted molar refractivity (Wildman–Crippen MR) is 91.4 cm³/mol. The van der Waals surface area contributed by atoms with Crippen LogP contribution in [0.15, 0.2) is 4.99 Å².